The third-order valence-electron chi connectivity index (χ3n) is 3.31. The molecule has 0 heterocycles. The Hall–Kier alpha value is -1.06. The van der Waals surface area contributed by atoms with Crippen LogP contribution in [0, 0.1) is 0 Å². The van der Waals surface area contributed by atoms with Gasteiger partial charge >= 0.3 is 0 Å². The second kappa shape index (κ2) is 8.18. The molecule has 1 aromatic carbocycles. The van der Waals surface area contributed by atoms with Crippen LogP contribution in [0.25, 0.3) is 0 Å². The van der Waals surface area contributed by atoms with Crippen molar-refractivity contribution in [3.05, 3.63) is 34.9 Å². The van der Waals surface area contributed by atoms with E-state index >= 15 is 0 Å². The van der Waals surface area contributed by atoms with E-state index in [0.717, 1.165) is 18.7 Å². The first-order valence-electron chi connectivity index (χ1n) is 6.82. The van der Waals surface area contributed by atoms with Gasteiger partial charge in [0.1, 0.15) is 0 Å². The van der Waals surface area contributed by atoms with Crippen LogP contribution in [0.1, 0.15) is 26.3 Å². The average molecular weight is 283 g/mol. The first-order valence-corrected chi connectivity index (χ1v) is 7.19. The minimum atomic E-state index is 0.0568. The normalized spacial score (nSPS) is 12.5. The van der Waals surface area contributed by atoms with Crippen molar-refractivity contribution in [1.82, 2.24) is 10.2 Å². The quantitative estimate of drug-likeness (QED) is 0.834. The van der Waals surface area contributed by atoms with Gasteiger partial charge in [0, 0.05) is 17.6 Å². The molecule has 0 bridgehead atoms. The van der Waals surface area contributed by atoms with Crippen molar-refractivity contribution in [2.75, 3.05) is 19.6 Å². The zero-order valence-corrected chi connectivity index (χ0v) is 12.7. The summed E-state index contributed by atoms with van der Waals surface area (Å²) >= 11 is 5.81. The highest BCUT2D eigenvalue weighted by atomic mass is 35.5. The van der Waals surface area contributed by atoms with E-state index in [2.05, 4.69) is 31.0 Å². The summed E-state index contributed by atoms with van der Waals surface area (Å²) in [4.78, 5) is 14.2. The molecule has 4 heteroatoms. The monoisotopic (exact) mass is 282 g/mol. The number of hydrogen-bond acceptors (Lipinski definition) is 2. The standard InChI is InChI=1S/C15H23ClN2O/c1-4-18(5-2)12(3)11-17-15(19)10-13-6-8-14(16)9-7-13/h6-9,12H,4-5,10-11H2,1-3H3,(H,17,19). The molecule has 1 rings (SSSR count). The van der Waals surface area contributed by atoms with E-state index < -0.39 is 0 Å². The van der Waals surface area contributed by atoms with E-state index in [0.29, 0.717) is 24.0 Å². The van der Waals surface area contributed by atoms with Gasteiger partial charge in [-0.2, -0.15) is 0 Å². The summed E-state index contributed by atoms with van der Waals surface area (Å²) in [5.41, 5.74) is 0.984. The molecule has 0 aliphatic rings. The predicted molar refractivity (Wildman–Crippen MR) is 80.5 cm³/mol. The minimum Gasteiger partial charge on any atom is -0.354 e. The number of carbonyl (C=O) groups is 1. The molecule has 0 aliphatic carbocycles. The molecule has 106 valence electrons. The van der Waals surface area contributed by atoms with Crippen LogP contribution in [-0.4, -0.2) is 36.5 Å². The van der Waals surface area contributed by atoms with Crippen LogP contribution in [-0.2, 0) is 11.2 Å². The Balaban J connectivity index is 2.37. The number of amides is 1. The molecule has 1 N–H and O–H groups in total. The van der Waals surface area contributed by atoms with E-state index in [1.165, 1.54) is 0 Å². The fraction of sp³-hybridized carbons (Fsp3) is 0.533. The van der Waals surface area contributed by atoms with Gasteiger partial charge in [0.05, 0.1) is 6.42 Å². The molecule has 0 aromatic heterocycles. The Morgan fingerprint density at radius 2 is 1.84 bits per heavy atom. The largest absolute Gasteiger partial charge is 0.354 e. The zero-order chi connectivity index (χ0) is 14.3. The number of carbonyl (C=O) groups excluding carboxylic acids is 1. The van der Waals surface area contributed by atoms with E-state index in [4.69, 9.17) is 11.6 Å². The van der Waals surface area contributed by atoms with E-state index in [1.807, 2.05) is 24.3 Å². The van der Waals surface area contributed by atoms with Crippen molar-refractivity contribution in [2.45, 2.75) is 33.2 Å². The maximum atomic E-state index is 11.8. The number of halogens is 1. The second-order valence-electron chi connectivity index (χ2n) is 4.68. The molecule has 0 saturated carbocycles. The maximum absolute atomic E-state index is 11.8. The third kappa shape index (κ3) is 5.62. The summed E-state index contributed by atoms with van der Waals surface area (Å²) in [6.45, 7) is 9.10. The molecule has 3 nitrogen and oxygen atoms in total. The van der Waals surface area contributed by atoms with Gasteiger partial charge < -0.3 is 5.32 Å². The van der Waals surface area contributed by atoms with Crippen LogP contribution in [0.3, 0.4) is 0 Å². The number of benzene rings is 1. The highest BCUT2D eigenvalue weighted by Gasteiger charge is 2.11. The number of rotatable bonds is 7. The van der Waals surface area contributed by atoms with Gasteiger partial charge in [-0.25, -0.2) is 0 Å². The van der Waals surface area contributed by atoms with Gasteiger partial charge in [-0.3, -0.25) is 9.69 Å². The Morgan fingerprint density at radius 3 is 2.37 bits per heavy atom. The number of likely N-dealkylation sites (N-methyl/N-ethyl adjacent to an activating group) is 1. The SMILES string of the molecule is CCN(CC)C(C)CNC(=O)Cc1ccc(Cl)cc1. The molecule has 1 atom stereocenters. The molecule has 0 saturated heterocycles. The highest BCUT2D eigenvalue weighted by molar-refractivity contribution is 6.30. The maximum Gasteiger partial charge on any atom is 0.224 e. The third-order valence-corrected chi connectivity index (χ3v) is 3.56. The van der Waals surface area contributed by atoms with Gasteiger partial charge in [0.15, 0.2) is 0 Å². The van der Waals surface area contributed by atoms with Crippen molar-refractivity contribution in [3.63, 3.8) is 0 Å². The Labute approximate surface area is 120 Å². The van der Waals surface area contributed by atoms with Crippen molar-refractivity contribution in [3.8, 4) is 0 Å². The predicted octanol–water partition coefficient (Wildman–Crippen LogP) is 2.73. The molecule has 0 radical (unpaired) electrons. The first-order chi connectivity index (χ1) is 9.06. The summed E-state index contributed by atoms with van der Waals surface area (Å²) in [7, 11) is 0. The van der Waals surface area contributed by atoms with Crippen LogP contribution in [0.4, 0.5) is 0 Å². The van der Waals surface area contributed by atoms with Gasteiger partial charge in [-0.15, -0.1) is 0 Å². The summed E-state index contributed by atoms with van der Waals surface area (Å²) in [6, 6.07) is 7.75. The Morgan fingerprint density at radius 1 is 1.26 bits per heavy atom. The van der Waals surface area contributed by atoms with E-state index in [-0.39, 0.29) is 5.91 Å². The molecular weight excluding hydrogens is 260 g/mol. The van der Waals surface area contributed by atoms with Crippen LogP contribution in [0.2, 0.25) is 5.02 Å². The molecule has 1 unspecified atom stereocenters. The van der Waals surface area contributed by atoms with Crippen molar-refractivity contribution in [1.29, 1.82) is 0 Å². The summed E-state index contributed by atoms with van der Waals surface area (Å²) in [5.74, 6) is 0.0568. The topological polar surface area (TPSA) is 32.3 Å². The second-order valence-corrected chi connectivity index (χ2v) is 5.11. The number of nitrogens with zero attached hydrogens (tertiary/aromatic N) is 1. The van der Waals surface area contributed by atoms with Crippen LogP contribution in [0.15, 0.2) is 24.3 Å². The smallest absolute Gasteiger partial charge is 0.224 e. The number of nitrogens with one attached hydrogen (secondary N) is 1. The fourth-order valence-electron chi connectivity index (χ4n) is 2.09. The van der Waals surface area contributed by atoms with Crippen molar-refractivity contribution in [2.24, 2.45) is 0 Å². The Bertz CT molecular complexity index is 388. The molecule has 1 aromatic rings. The average Bonchev–Trinajstić information content (AvgIpc) is 2.40. The van der Waals surface area contributed by atoms with Crippen molar-refractivity contribution >= 4 is 17.5 Å². The summed E-state index contributed by atoms with van der Waals surface area (Å²) < 4.78 is 0. The lowest BCUT2D eigenvalue weighted by molar-refractivity contribution is -0.120. The Kier molecular flexibility index (Phi) is 6.89. The van der Waals surface area contributed by atoms with Gasteiger partial charge in [-0.05, 0) is 37.7 Å². The molecule has 19 heavy (non-hydrogen) atoms. The molecule has 0 fully saturated rings. The zero-order valence-electron chi connectivity index (χ0n) is 11.9. The van der Waals surface area contributed by atoms with Gasteiger partial charge in [-0.1, -0.05) is 37.6 Å². The van der Waals surface area contributed by atoms with Crippen molar-refractivity contribution < 1.29 is 4.79 Å². The first kappa shape index (κ1) is 16.0. The molecule has 0 aliphatic heterocycles. The van der Waals surface area contributed by atoms with Crippen LogP contribution < -0.4 is 5.32 Å². The van der Waals surface area contributed by atoms with Crippen LogP contribution >= 0.6 is 11.6 Å². The van der Waals surface area contributed by atoms with E-state index in [1.54, 1.807) is 0 Å². The van der Waals surface area contributed by atoms with Gasteiger partial charge in [0.2, 0.25) is 5.91 Å². The van der Waals surface area contributed by atoms with Gasteiger partial charge in [0.25, 0.3) is 0 Å². The molecular formula is C15H23ClN2O. The summed E-state index contributed by atoms with van der Waals surface area (Å²) in [6.07, 6.45) is 0.405. The molecule has 1 amide bonds. The van der Waals surface area contributed by atoms with Crippen LogP contribution in [0.5, 0.6) is 0 Å². The highest BCUT2D eigenvalue weighted by Crippen LogP contribution is 2.09. The minimum absolute atomic E-state index is 0.0568. The molecule has 0 spiro atoms. The lowest BCUT2D eigenvalue weighted by Gasteiger charge is -2.26. The summed E-state index contributed by atoms with van der Waals surface area (Å²) in [5, 5.41) is 3.67. The number of hydrogen-bond donors (Lipinski definition) is 1. The van der Waals surface area contributed by atoms with E-state index in [9.17, 15) is 4.79 Å². The lowest BCUT2D eigenvalue weighted by Crippen LogP contribution is -2.42. The fourth-order valence-corrected chi connectivity index (χ4v) is 2.21. The lowest BCUT2D eigenvalue weighted by atomic mass is 10.1.